The van der Waals surface area contributed by atoms with E-state index in [4.69, 9.17) is 0 Å². The third-order valence-corrected chi connectivity index (χ3v) is 5.73. The van der Waals surface area contributed by atoms with Gasteiger partial charge in [-0.25, -0.2) is 9.78 Å². The largest absolute Gasteiger partial charge is 0.477 e. The number of nitrogens with zero attached hydrogens (tertiary/aromatic N) is 2. The number of aromatic carboxylic acids is 1. The summed E-state index contributed by atoms with van der Waals surface area (Å²) in [5, 5.41) is 10.3. The molecule has 0 saturated carbocycles. The molecule has 1 aromatic heterocycles. The predicted molar refractivity (Wildman–Crippen MR) is 87.6 cm³/mol. The van der Waals surface area contributed by atoms with Gasteiger partial charge in [0.15, 0.2) is 5.13 Å². The van der Waals surface area contributed by atoms with Crippen molar-refractivity contribution in [2.75, 3.05) is 18.0 Å². The summed E-state index contributed by atoms with van der Waals surface area (Å²) in [5.41, 5.74) is 0.765. The Hall–Kier alpha value is -1.10. The summed E-state index contributed by atoms with van der Waals surface area (Å²) in [6.45, 7) is 8.40. The summed E-state index contributed by atoms with van der Waals surface area (Å²) in [6.07, 6.45) is 5.81. The molecular formula is C16H26N2O2S. The summed E-state index contributed by atoms with van der Waals surface area (Å²) >= 11 is 1.35. The monoisotopic (exact) mass is 310 g/mol. The minimum absolute atomic E-state index is 0.205. The molecule has 2 heterocycles. The van der Waals surface area contributed by atoms with Gasteiger partial charge in [0, 0.05) is 13.1 Å². The average Bonchev–Trinajstić information content (AvgIpc) is 2.79. The van der Waals surface area contributed by atoms with Crippen molar-refractivity contribution in [3.63, 3.8) is 0 Å². The molecule has 2 rings (SSSR count). The normalized spacial score (nSPS) is 21.1. The fraction of sp³-hybridized carbons (Fsp3) is 0.750. The molecule has 0 radical (unpaired) electrons. The first-order chi connectivity index (χ1) is 10.1. The van der Waals surface area contributed by atoms with Crippen molar-refractivity contribution in [3.8, 4) is 0 Å². The van der Waals surface area contributed by atoms with E-state index in [0.717, 1.165) is 36.3 Å². The molecule has 0 aliphatic carbocycles. The van der Waals surface area contributed by atoms with Crippen LogP contribution in [0.25, 0.3) is 0 Å². The van der Waals surface area contributed by atoms with Crippen LogP contribution in [0.15, 0.2) is 0 Å². The van der Waals surface area contributed by atoms with Crippen LogP contribution in [0.1, 0.15) is 74.2 Å². The predicted octanol–water partition coefficient (Wildman–Crippen LogP) is 4.37. The smallest absolute Gasteiger partial charge is 0.347 e. The number of anilines is 1. The molecule has 0 amide bonds. The van der Waals surface area contributed by atoms with Gasteiger partial charge in [-0.3, -0.25) is 0 Å². The summed E-state index contributed by atoms with van der Waals surface area (Å²) in [6, 6.07) is 0. The van der Waals surface area contributed by atoms with E-state index in [9.17, 15) is 9.90 Å². The molecule has 2 atom stereocenters. The van der Waals surface area contributed by atoms with E-state index in [1.165, 1.54) is 37.0 Å². The van der Waals surface area contributed by atoms with Crippen LogP contribution in [0.5, 0.6) is 0 Å². The molecule has 1 fully saturated rings. The Balaban J connectivity index is 2.21. The second-order valence-electron chi connectivity index (χ2n) is 6.02. The molecule has 118 valence electrons. The van der Waals surface area contributed by atoms with E-state index < -0.39 is 5.97 Å². The average molecular weight is 310 g/mol. The molecule has 1 aliphatic rings. The quantitative estimate of drug-likeness (QED) is 0.877. The number of carboxylic acid groups (broad SMARTS) is 1. The van der Waals surface area contributed by atoms with Crippen molar-refractivity contribution in [2.45, 2.75) is 58.8 Å². The van der Waals surface area contributed by atoms with Gasteiger partial charge in [-0.2, -0.15) is 0 Å². The lowest BCUT2D eigenvalue weighted by molar-refractivity contribution is 0.0700. The van der Waals surface area contributed by atoms with Crippen LogP contribution >= 0.6 is 11.3 Å². The number of rotatable bonds is 5. The first-order valence-electron chi connectivity index (χ1n) is 8.05. The van der Waals surface area contributed by atoms with Crippen molar-refractivity contribution >= 4 is 22.4 Å². The van der Waals surface area contributed by atoms with Crippen LogP contribution in [-0.4, -0.2) is 29.1 Å². The maximum atomic E-state index is 11.5. The van der Waals surface area contributed by atoms with E-state index in [0.29, 0.717) is 4.88 Å². The van der Waals surface area contributed by atoms with Crippen LogP contribution in [0.3, 0.4) is 0 Å². The third kappa shape index (κ3) is 3.76. The van der Waals surface area contributed by atoms with Crippen molar-refractivity contribution in [1.82, 2.24) is 4.98 Å². The van der Waals surface area contributed by atoms with Crippen molar-refractivity contribution in [2.24, 2.45) is 5.92 Å². The van der Waals surface area contributed by atoms with Crippen LogP contribution < -0.4 is 4.90 Å². The number of hydrogen-bond donors (Lipinski definition) is 1. The summed E-state index contributed by atoms with van der Waals surface area (Å²) in [7, 11) is 0. The second-order valence-corrected chi connectivity index (χ2v) is 6.99. The number of hydrogen-bond acceptors (Lipinski definition) is 4. The Bertz CT molecular complexity index is 487. The standard InChI is InChI=1S/C16H26N2O2S/c1-4-11(3)13-14(15(19)20)21-16(17-13)18-9-6-7-12(5-2)8-10-18/h11-12H,4-10H2,1-3H3,(H,19,20). The van der Waals surface area contributed by atoms with Gasteiger partial charge >= 0.3 is 5.97 Å². The fourth-order valence-electron chi connectivity index (χ4n) is 2.90. The molecule has 4 nitrogen and oxygen atoms in total. The van der Waals surface area contributed by atoms with Crippen LogP contribution in [0.4, 0.5) is 5.13 Å². The highest BCUT2D eigenvalue weighted by molar-refractivity contribution is 7.17. The molecule has 0 bridgehead atoms. The highest BCUT2D eigenvalue weighted by Crippen LogP contribution is 2.34. The highest BCUT2D eigenvalue weighted by atomic mass is 32.1. The first-order valence-corrected chi connectivity index (χ1v) is 8.87. The Kier molecular flexibility index (Phi) is 5.62. The summed E-state index contributed by atoms with van der Waals surface area (Å²) in [4.78, 5) is 18.9. The van der Waals surface area contributed by atoms with Crippen LogP contribution in [0, 0.1) is 5.92 Å². The van der Waals surface area contributed by atoms with Gasteiger partial charge < -0.3 is 10.0 Å². The molecule has 1 N–H and O–H groups in total. The Labute approximate surface area is 131 Å². The lowest BCUT2D eigenvalue weighted by Crippen LogP contribution is -2.24. The lowest BCUT2D eigenvalue weighted by atomic mass is 9.98. The van der Waals surface area contributed by atoms with Crippen LogP contribution in [0.2, 0.25) is 0 Å². The van der Waals surface area contributed by atoms with E-state index in [1.807, 2.05) is 0 Å². The van der Waals surface area contributed by atoms with Crippen LogP contribution in [-0.2, 0) is 0 Å². The molecule has 0 spiro atoms. The highest BCUT2D eigenvalue weighted by Gasteiger charge is 2.25. The van der Waals surface area contributed by atoms with Gasteiger partial charge in [-0.1, -0.05) is 38.5 Å². The minimum Gasteiger partial charge on any atom is -0.477 e. The van der Waals surface area contributed by atoms with E-state index in [1.54, 1.807) is 0 Å². The van der Waals surface area contributed by atoms with Crippen molar-refractivity contribution < 1.29 is 9.90 Å². The molecule has 0 aromatic carbocycles. The van der Waals surface area contributed by atoms with Gasteiger partial charge in [0.05, 0.1) is 5.69 Å². The first kappa shape index (κ1) is 16.3. The van der Waals surface area contributed by atoms with Crippen molar-refractivity contribution in [1.29, 1.82) is 0 Å². The molecule has 1 saturated heterocycles. The van der Waals surface area contributed by atoms with E-state index in [2.05, 4.69) is 30.7 Å². The topological polar surface area (TPSA) is 53.4 Å². The van der Waals surface area contributed by atoms with Gasteiger partial charge in [0.1, 0.15) is 4.88 Å². The zero-order valence-corrected chi connectivity index (χ0v) is 14.1. The Morgan fingerprint density at radius 3 is 2.81 bits per heavy atom. The zero-order chi connectivity index (χ0) is 15.4. The second kappa shape index (κ2) is 7.25. The lowest BCUT2D eigenvalue weighted by Gasteiger charge is -2.19. The number of carboxylic acids is 1. The Morgan fingerprint density at radius 1 is 1.43 bits per heavy atom. The minimum atomic E-state index is -0.838. The van der Waals surface area contributed by atoms with E-state index >= 15 is 0 Å². The molecular weight excluding hydrogens is 284 g/mol. The number of aromatic nitrogens is 1. The maximum absolute atomic E-state index is 11.5. The third-order valence-electron chi connectivity index (χ3n) is 4.61. The van der Waals surface area contributed by atoms with Gasteiger partial charge in [-0.05, 0) is 37.5 Å². The molecule has 1 aliphatic heterocycles. The number of thiazole rings is 1. The van der Waals surface area contributed by atoms with Gasteiger partial charge in [0.2, 0.25) is 0 Å². The molecule has 1 aromatic rings. The summed E-state index contributed by atoms with van der Waals surface area (Å²) in [5.74, 6) is 0.176. The molecule has 2 unspecified atom stereocenters. The SMILES string of the molecule is CCC1CCCN(c2nc(C(C)CC)c(C(=O)O)s2)CC1. The molecule has 5 heteroatoms. The zero-order valence-electron chi connectivity index (χ0n) is 13.3. The maximum Gasteiger partial charge on any atom is 0.347 e. The van der Waals surface area contributed by atoms with Crippen molar-refractivity contribution in [3.05, 3.63) is 10.6 Å². The van der Waals surface area contributed by atoms with E-state index in [-0.39, 0.29) is 5.92 Å². The molecule has 21 heavy (non-hydrogen) atoms. The fourth-order valence-corrected chi connectivity index (χ4v) is 3.98. The Morgan fingerprint density at radius 2 is 2.19 bits per heavy atom. The summed E-state index contributed by atoms with van der Waals surface area (Å²) < 4.78 is 0. The van der Waals surface area contributed by atoms with Gasteiger partial charge in [0.25, 0.3) is 0 Å². The van der Waals surface area contributed by atoms with Gasteiger partial charge in [-0.15, -0.1) is 0 Å². The number of carbonyl (C=O) groups is 1.